The monoisotopic (exact) mass is 1070 g/mol. The van der Waals surface area contributed by atoms with Gasteiger partial charge in [-0.05, 0) is 125 Å². The Kier molecular flexibility index (Phi) is 14.7. The largest absolute Gasteiger partial charge is 0.458 e. The number of carbonyl (C=O) groups excluding carboxylic acids is 8. The Balaban J connectivity index is 0.000000123. The summed E-state index contributed by atoms with van der Waals surface area (Å²) in [5.41, 5.74) is -1.89. The summed E-state index contributed by atoms with van der Waals surface area (Å²) >= 11 is 1.76. The number of fused-ring (bicyclic) bond motifs is 4. The van der Waals surface area contributed by atoms with E-state index < -0.39 is 33.9 Å². The van der Waals surface area contributed by atoms with Crippen LogP contribution in [0, 0.1) is 74.4 Å². The Hall–Kier alpha value is -3.93. The van der Waals surface area contributed by atoms with E-state index in [0.717, 1.165) is 51.4 Å². The summed E-state index contributed by atoms with van der Waals surface area (Å²) < 4.78 is 50.0. The molecule has 8 heterocycles. The van der Waals surface area contributed by atoms with Crippen LogP contribution in [0.25, 0.3) is 0 Å². The first-order chi connectivity index (χ1) is 35.0. The predicted molar refractivity (Wildman–Crippen MR) is 269 cm³/mol. The van der Waals surface area contributed by atoms with E-state index in [4.69, 9.17) is 42.6 Å². The van der Waals surface area contributed by atoms with Gasteiger partial charge in [0.15, 0.2) is 24.4 Å². The van der Waals surface area contributed by atoms with Crippen molar-refractivity contribution in [2.24, 2.45) is 74.4 Å². The maximum absolute atomic E-state index is 12.3. The summed E-state index contributed by atoms with van der Waals surface area (Å²) in [6.07, 6.45) is 5.60. The molecule has 8 saturated heterocycles. The lowest BCUT2D eigenvalue weighted by Crippen LogP contribution is -2.51. The summed E-state index contributed by atoms with van der Waals surface area (Å²) in [5.74, 6) is -0.212. The Labute approximate surface area is 446 Å². The number of thioether (sulfide) groups is 1. The van der Waals surface area contributed by atoms with Gasteiger partial charge < -0.3 is 42.6 Å². The van der Waals surface area contributed by atoms with Crippen LogP contribution in [0.2, 0.25) is 0 Å². The molecule has 0 aromatic rings. The zero-order chi connectivity index (χ0) is 54.8. The lowest BCUT2D eigenvalue weighted by atomic mass is 9.63. The molecule has 20 atom stereocenters. The van der Waals surface area contributed by atoms with Gasteiger partial charge in [-0.3, -0.25) is 38.4 Å². The highest BCUT2D eigenvalue weighted by molar-refractivity contribution is 8.01. The van der Waals surface area contributed by atoms with E-state index in [9.17, 15) is 38.4 Å². The minimum atomic E-state index is -0.510. The van der Waals surface area contributed by atoms with Gasteiger partial charge in [-0.2, -0.15) is 0 Å². The highest BCUT2D eigenvalue weighted by Crippen LogP contribution is 2.65. The Morgan fingerprint density at radius 3 is 1.55 bits per heavy atom. The number of esters is 8. The van der Waals surface area contributed by atoms with Gasteiger partial charge in [0.05, 0.1) is 56.7 Å². The molecule has 8 aliphatic heterocycles. The summed E-state index contributed by atoms with van der Waals surface area (Å²) in [5, 5.41) is 0.457. The van der Waals surface area contributed by atoms with E-state index in [1.54, 1.807) is 11.8 Å². The molecule has 13 fully saturated rings. The van der Waals surface area contributed by atoms with Crippen molar-refractivity contribution < 1.29 is 81.0 Å². The zero-order valence-electron chi connectivity index (χ0n) is 46.5. The molecule has 0 N–H and O–H groups in total. The summed E-state index contributed by atoms with van der Waals surface area (Å²) in [7, 11) is 0. The third-order valence-electron chi connectivity index (χ3n) is 20.4. The van der Waals surface area contributed by atoms with Crippen LogP contribution >= 0.6 is 11.8 Å². The van der Waals surface area contributed by atoms with Crippen LogP contribution in [0.15, 0.2) is 0 Å². The van der Waals surface area contributed by atoms with Gasteiger partial charge in [0.1, 0.15) is 30.5 Å². The average Bonchev–Trinajstić information content (AvgIpc) is 4.28. The van der Waals surface area contributed by atoms with Crippen LogP contribution in [0.1, 0.15) is 161 Å². The predicted octanol–water partition coefficient (Wildman–Crippen LogP) is 7.67. The number of hydrogen-bond donors (Lipinski definition) is 0. The quantitative estimate of drug-likeness (QED) is 0.135. The topological polar surface area (TPSA) is 220 Å². The molecule has 5 aliphatic carbocycles. The molecule has 17 nitrogen and oxygen atoms in total. The molecule has 418 valence electrons. The fourth-order valence-corrected chi connectivity index (χ4v) is 15.5. The number of carbonyl (C=O) groups is 8. The summed E-state index contributed by atoms with van der Waals surface area (Å²) in [6.45, 7) is 27.3. The SMILES string of the molecule is CCC(C)(C)C(=O)OC1C2CC3C(=O)OC1C3O2.CCC(C)(C)C(=O)OC1C2CC3C(=O)OC1C3S2.CCC(C)(C)C(=O)OC1C2CCC3C(C2)C(=O)OC31.CCC(C)(C)C(=O)OC1C2OC(=O)C3CC1C(C)(C)C32. The van der Waals surface area contributed by atoms with E-state index in [1.807, 2.05) is 83.1 Å². The van der Waals surface area contributed by atoms with Crippen LogP contribution in [0.4, 0.5) is 0 Å². The Morgan fingerprint density at radius 1 is 0.507 bits per heavy atom. The molecule has 5 saturated carbocycles. The third-order valence-corrected chi connectivity index (χ3v) is 22.1. The van der Waals surface area contributed by atoms with Gasteiger partial charge in [0.2, 0.25) is 0 Å². The normalized spacial score (nSPS) is 40.8. The lowest BCUT2D eigenvalue weighted by molar-refractivity contribution is -0.181. The molecule has 0 aromatic heterocycles. The summed E-state index contributed by atoms with van der Waals surface area (Å²) in [4.78, 5) is 95.6. The summed E-state index contributed by atoms with van der Waals surface area (Å²) in [6, 6.07) is 0. The molecule has 0 radical (unpaired) electrons. The van der Waals surface area contributed by atoms with Crippen LogP contribution in [-0.4, -0.2) is 119 Å². The molecule has 13 rings (SSSR count). The van der Waals surface area contributed by atoms with Gasteiger partial charge >= 0.3 is 47.8 Å². The minimum absolute atomic E-state index is 0.0167. The lowest BCUT2D eigenvalue weighted by Gasteiger charge is -2.44. The minimum Gasteiger partial charge on any atom is -0.458 e. The highest BCUT2D eigenvalue weighted by Gasteiger charge is 2.72. The maximum atomic E-state index is 12.3. The second-order valence-electron chi connectivity index (χ2n) is 26.6. The molecular formula is C57H82O17S. The molecule has 13 aliphatic rings. The molecule has 10 bridgehead atoms. The maximum Gasteiger partial charge on any atom is 0.312 e. The van der Waals surface area contributed by atoms with Crippen LogP contribution in [0.3, 0.4) is 0 Å². The van der Waals surface area contributed by atoms with Crippen molar-refractivity contribution in [3.63, 3.8) is 0 Å². The van der Waals surface area contributed by atoms with E-state index in [2.05, 4.69) is 13.8 Å². The number of rotatable bonds is 12. The van der Waals surface area contributed by atoms with Crippen LogP contribution in [0.5, 0.6) is 0 Å². The van der Waals surface area contributed by atoms with E-state index in [-0.39, 0.29) is 154 Å². The van der Waals surface area contributed by atoms with Crippen molar-refractivity contribution in [1.82, 2.24) is 0 Å². The van der Waals surface area contributed by atoms with Crippen molar-refractivity contribution >= 4 is 59.5 Å². The third kappa shape index (κ3) is 9.48. The number of ether oxygens (including phenoxy) is 9. The van der Waals surface area contributed by atoms with Crippen molar-refractivity contribution in [3.8, 4) is 0 Å². The standard InChI is InChI=1S/C16H24O4.C15H22O4.C13H18O5.C13H18O4S/c1-6-15(2,3)14(18)20-11-9-7-8-10(16(9,4)5)12(11)19-13(8)17;1-4-15(2,3)14(17)19-11-8-5-6-9-10(7-8)13(16)18-12(9)11;1-4-13(2,3)12(15)18-9-7-5-6-8(16-7)10(9)17-11(6)14;1-4-13(2,3)12(15)17-8-7-5-6-10(18-7)9(8)16-11(6)14/h8-12H,6-7H2,1-5H3;8-12H,4-7H2,1-3H3;2*6-10H,4-5H2,1-3H3. The fraction of sp³-hybridized carbons (Fsp3) is 0.860. The molecule has 18 heteroatoms. The number of hydrogen-bond acceptors (Lipinski definition) is 18. The van der Waals surface area contributed by atoms with Crippen LogP contribution in [-0.2, 0) is 81.0 Å². The van der Waals surface area contributed by atoms with E-state index >= 15 is 0 Å². The van der Waals surface area contributed by atoms with E-state index in [1.165, 1.54) is 0 Å². The molecule has 0 aromatic carbocycles. The average molecular weight is 1070 g/mol. The van der Waals surface area contributed by atoms with Gasteiger partial charge in [-0.25, -0.2) is 0 Å². The van der Waals surface area contributed by atoms with Gasteiger partial charge in [0, 0.05) is 28.9 Å². The van der Waals surface area contributed by atoms with Crippen molar-refractivity contribution in [3.05, 3.63) is 0 Å². The van der Waals surface area contributed by atoms with Gasteiger partial charge in [-0.1, -0.05) is 41.5 Å². The Morgan fingerprint density at radius 2 is 0.973 bits per heavy atom. The van der Waals surface area contributed by atoms with Crippen molar-refractivity contribution in [2.45, 2.75) is 233 Å². The fourth-order valence-electron chi connectivity index (χ4n) is 13.6. The molecule has 75 heavy (non-hydrogen) atoms. The first-order valence-corrected chi connectivity index (χ1v) is 28.9. The second-order valence-corrected chi connectivity index (χ2v) is 28.1. The first-order valence-electron chi connectivity index (χ1n) is 28.0. The van der Waals surface area contributed by atoms with Crippen molar-refractivity contribution in [2.75, 3.05) is 0 Å². The highest BCUT2D eigenvalue weighted by atomic mass is 32.2. The molecule has 0 amide bonds. The molecule has 20 unspecified atom stereocenters. The van der Waals surface area contributed by atoms with Gasteiger partial charge in [0.25, 0.3) is 0 Å². The molecular weight excluding hydrogens is 989 g/mol. The first kappa shape index (κ1) is 55.8. The zero-order valence-corrected chi connectivity index (χ0v) is 47.3. The van der Waals surface area contributed by atoms with Gasteiger partial charge in [-0.15, -0.1) is 11.8 Å². The van der Waals surface area contributed by atoms with Crippen LogP contribution < -0.4 is 0 Å². The molecule has 0 spiro atoms. The van der Waals surface area contributed by atoms with E-state index in [0.29, 0.717) is 18.8 Å². The van der Waals surface area contributed by atoms with Crippen molar-refractivity contribution in [1.29, 1.82) is 0 Å². The smallest absolute Gasteiger partial charge is 0.312 e. The second kappa shape index (κ2) is 19.8. The Bertz CT molecular complexity index is 2250.